The van der Waals surface area contributed by atoms with Crippen LogP contribution >= 0.6 is 0 Å². The number of nitrogens with zero attached hydrogens (tertiary/aromatic N) is 1. The summed E-state index contributed by atoms with van der Waals surface area (Å²) >= 11 is 0. The molecular formula is C16H23N3O2. The number of rotatable bonds is 6. The van der Waals surface area contributed by atoms with Gasteiger partial charge in [0.15, 0.2) is 0 Å². The van der Waals surface area contributed by atoms with Crippen LogP contribution in [-0.4, -0.2) is 42.4 Å². The Bertz CT molecular complexity index is 470. The summed E-state index contributed by atoms with van der Waals surface area (Å²) in [6, 6.07) is 9.73. The van der Waals surface area contributed by atoms with Gasteiger partial charge in [0.25, 0.3) is 0 Å². The Hall–Kier alpha value is -1.88. The van der Waals surface area contributed by atoms with Crippen LogP contribution in [0.15, 0.2) is 30.3 Å². The number of carbonyl (C=O) groups is 2. The van der Waals surface area contributed by atoms with E-state index in [1.165, 1.54) is 0 Å². The molecule has 5 nitrogen and oxygen atoms in total. The minimum atomic E-state index is -0.137. The van der Waals surface area contributed by atoms with E-state index in [9.17, 15) is 9.59 Å². The fourth-order valence-corrected chi connectivity index (χ4v) is 2.49. The maximum absolute atomic E-state index is 12.2. The van der Waals surface area contributed by atoms with Crippen LogP contribution < -0.4 is 10.6 Å². The molecule has 5 heteroatoms. The summed E-state index contributed by atoms with van der Waals surface area (Å²) in [6.07, 6.45) is 1.86. The van der Waals surface area contributed by atoms with Gasteiger partial charge in [0.2, 0.25) is 11.8 Å². The van der Waals surface area contributed by atoms with Crippen molar-refractivity contribution in [3.05, 3.63) is 35.9 Å². The quantitative estimate of drug-likeness (QED) is 0.818. The van der Waals surface area contributed by atoms with Crippen LogP contribution in [0, 0.1) is 0 Å². The Balaban J connectivity index is 1.81. The third kappa shape index (κ3) is 4.56. The molecule has 0 aliphatic carbocycles. The van der Waals surface area contributed by atoms with Gasteiger partial charge in [0.1, 0.15) is 0 Å². The molecule has 114 valence electrons. The largest absolute Gasteiger partial charge is 0.346 e. The molecule has 2 N–H and O–H groups in total. The number of likely N-dealkylation sites (N-methyl/N-ethyl adjacent to an activating group) is 1. The van der Waals surface area contributed by atoms with Gasteiger partial charge in [-0.3, -0.25) is 9.59 Å². The van der Waals surface area contributed by atoms with Crippen molar-refractivity contribution in [2.24, 2.45) is 0 Å². The molecule has 1 aromatic rings. The first-order valence-corrected chi connectivity index (χ1v) is 7.53. The van der Waals surface area contributed by atoms with E-state index in [0.717, 1.165) is 24.9 Å². The second-order valence-corrected chi connectivity index (χ2v) is 5.26. The average molecular weight is 289 g/mol. The van der Waals surface area contributed by atoms with E-state index in [0.29, 0.717) is 13.1 Å². The lowest BCUT2D eigenvalue weighted by Crippen LogP contribution is -2.45. The molecule has 1 atom stereocenters. The van der Waals surface area contributed by atoms with Gasteiger partial charge in [0.05, 0.1) is 12.6 Å². The Morgan fingerprint density at radius 1 is 1.33 bits per heavy atom. The Kier molecular flexibility index (Phi) is 5.75. The van der Waals surface area contributed by atoms with Gasteiger partial charge in [-0.25, -0.2) is 0 Å². The Labute approximate surface area is 125 Å². The highest BCUT2D eigenvalue weighted by atomic mass is 16.2. The Morgan fingerprint density at radius 3 is 2.71 bits per heavy atom. The minimum Gasteiger partial charge on any atom is -0.346 e. The SMILES string of the molecule is CCN(Cc1ccccc1)C(=O)CNC(=O)C1CCCN1. The van der Waals surface area contributed by atoms with Gasteiger partial charge in [0, 0.05) is 13.1 Å². The molecule has 21 heavy (non-hydrogen) atoms. The van der Waals surface area contributed by atoms with Crippen molar-refractivity contribution < 1.29 is 9.59 Å². The van der Waals surface area contributed by atoms with E-state index < -0.39 is 0 Å². The van der Waals surface area contributed by atoms with Crippen LogP contribution in [0.3, 0.4) is 0 Å². The van der Waals surface area contributed by atoms with Crippen molar-refractivity contribution in [1.29, 1.82) is 0 Å². The molecule has 1 fully saturated rings. The molecule has 1 aliphatic rings. The van der Waals surface area contributed by atoms with E-state index in [1.807, 2.05) is 37.3 Å². The van der Waals surface area contributed by atoms with Crippen molar-refractivity contribution >= 4 is 11.8 Å². The number of amides is 2. The lowest BCUT2D eigenvalue weighted by molar-refractivity contribution is -0.133. The standard InChI is InChI=1S/C16H23N3O2/c1-2-19(12-13-7-4-3-5-8-13)15(20)11-18-16(21)14-9-6-10-17-14/h3-5,7-8,14,17H,2,6,9-12H2,1H3,(H,18,21). The molecule has 1 aliphatic heterocycles. The molecule has 2 amide bonds. The summed E-state index contributed by atoms with van der Waals surface area (Å²) in [6.45, 7) is 4.10. The normalized spacial score (nSPS) is 17.5. The van der Waals surface area contributed by atoms with Crippen molar-refractivity contribution in [1.82, 2.24) is 15.5 Å². The first-order chi connectivity index (χ1) is 10.2. The zero-order valence-electron chi connectivity index (χ0n) is 12.5. The summed E-state index contributed by atoms with van der Waals surface area (Å²) in [5.41, 5.74) is 1.09. The summed E-state index contributed by atoms with van der Waals surface area (Å²) < 4.78 is 0. The first kappa shape index (κ1) is 15.5. The van der Waals surface area contributed by atoms with Crippen LogP contribution in [0.5, 0.6) is 0 Å². The highest BCUT2D eigenvalue weighted by Gasteiger charge is 2.22. The summed E-state index contributed by atoms with van der Waals surface area (Å²) in [4.78, 5) is 25.8. The van der Waals surface area contributed by atoms with Crippen molar-refractivity contribution in [2.45, 2.75) is 32.4 Å². The molecule has 1 heterocycles. The van der Waals surface area contributed by atoms with Crippen LogP contribution in [0.4, 0.5) is 0 Å². The van der Waals surface area contributed by atoms with Gasteiger partial charge in [-0.1, -0.05) is 30.3 Å². The lowest BCUT2D eigenvalue weighted by atomic mass is 10.2. The fourth-order valence-electron chi connectivity index (χ4n) is 2.49. The number of nitrogens with one attached hydrogen (secondary N) is 2. The van der Waals surface area contributed by atoms with Crippen molar-refractivity contribution in [2.75, 3.05) is 19.6 Å². The molecule has 1 unspecified atom stereocenters. The zero-order valence-corrected chi connectivity index (χ0v) is 12.5. The molecule has 0 radical (unpaired) electrons. The van der Waals surface area contributed by atoms with Gasteiger partial charge in [-0.05, 0) is 31.9 Å². The monoisotopic (exact) mass is 289 g/mol. The van der Waals surface area contributed by atoms with E-state index in [4.69, 9.17) is 0 Å². The van der Waals surface area contributed by atoms with Crippen molar-refractivity contribution in [3.8, 4) is 0 Å². The highest BCUT2D eigenvalue weighted by Crippen LogP contribution is 2.06. The van der Waals surface area contributed by atoms with E-state index in [-0.39, 0.29) is 24.4 Å². The van der Waals surface area contributed by atoms with Gasteiger partial charge < -0.3 is 15.5 Å². The number of carbonyl (C=O) groups excluding carboxylic acids is 2. The number of hydrogen-bond acceptors (Lipinski definition) is 3. The third-order valence-electron chi connectivity index (χ3n) is 3.74. The summed E-state index contributed by atoms with van der Waals surface area (Å²) in [5, 5.41) is 5.86. The zero-order chi connectivity index (χ0) is 15.1. The van der Waals surface area contributed by atoms with Gasteiger partial charge >= 0.3 is 0 Å². The Morgan fingerprint density at radius 2 is 2.10 bits per heavy atom. The van der Waals surface area contributed by atoms with Crippen LogP contribution in [-0.2, 0) is 16.1 Å². The maximum atomic E-state index is 12.2. The molecule has 0 spiro atoms. The molecule has 0 aromatic heterocycles. The van der Waals surface area contributed by atoms with Crippen LogP contribution in [0.25, 0.3) is 0 Å². The minimum absolute atomic E-state index is 0.0484. The average Bonchev–Trinajstić information content (AvgIpc) is 3.05. The number of hydrogen-bond donors (Lipinski definition) is 2. The summed E-state index contributed by atoms with van der Waals surface area (Å²) in [7, 11) is 0. The summed E-state index contributed by atoms with van der Waals surface area (Å²) in [5.74, 6) is -0.121. The van der Waals surface area contributed by atoms with E-state index >= 15 is 0 Å². The van der Waals surface area contributed by atoms with Crippen LogP contribution in [0.2, 0.25) is 0 Å². The van der Waals surface area contributed by atoms with Crippen molar-refractivity contribution in [3.63, 3.8) is 0 Å². The fraction of sp³-hybridized carbons (Fsp3) is 0.500. The lowest BCUT2D eigenvalue weighted by Gasteiger charge is -2.21. The topological polar surface area (TPSA) is 61.4 Å². The molecular weight excluding hydrogens is 266 g/mol. The van der Waals surface area contributed by atoms with Gasteiger partial charge in [-0.15, -0.1) is 0 Å². The smallest absolute Gasteiger partial charge is 0.242 e. The van der Waals surface area contributed by atoms with Gasteiger partial charge in [-0.2, -0.15) is 0 Å². The third-order valence-corrected chi connectivity index (χ3v) is 3.74. The molecule has 2 rings (SSSR count). The van der Waals surface area contributed by atoms with E-state index in [2.05, 4.69) is 10.6 Å². The molecule has 0 saturated carbocycles. The highest BCUT2D eigenvalue weighted by molar-refractivity contribution is 5.87. The molecule has 1 aromatic carbocycles. The number of benzene rings is 1. The molecule has 0 bridgehead atoms. The van der Waals surface area contributed by atoms with Crippen LogP contribution in [0.1, 0.15) is 25.3 Å². The first-order valence-electron chi connectivity index (χ1n) is 7.53. The predicted octanol–water partition coefficient (Wildman–Crippen LogP) is 0.903. The maximum Gasteiger partial charge on any atom is 0.242 e. The molecule has 1 saturated heterocycles. The second-order valence-electron chi connectivity index (χ2n) is 5.26. The second kappa shape index (κ2) is 7.78. The predicted molar refractivity (Wildman–Crippen MR) is 81.6 cm³/mol. The van der Waals surface area contributed by atoms with E-state index in [1.54, 1.807) is 4.90 Å².